The average molecular weight is 393 g/mol. The molecule has 3 rings (SSSR count). The van der Waals surface area contributed by atoms with Crippen LogP contribution >= 0.6 is 11.3 Å². The van der Waals surface area contributed by atoms with Crippen molar-refractivity contribution in [3.05, 3.63) is 16.0 Å². The van der Waals surface area contributed by atoms with E-state index in [-0.39, 0.29) is 35.2 Å². The summed E-state index contributed by atoms with van der Waals surface area (Å²) in [5, 5.41) is 15.7. The lowest BCUT2D eigenvalue weighted by Gasteiger charge is -2.13. The smallest absolute Gasteiger partial charge is 0.254 e. The molecule has 0 radical (unpaired) electrons. The van der Waals surface area contributed by atoms with Crippen LogP contribution in [-0.2, 0) is 17.6 Å². The van der Waals surface area contributed by atoms with E-state index in [1.807, 2.05) is 0 Å². The lowest BCUT2D eigenvalue weighted by Crippen LogP contribution is -2.27. The molecule has 0 spiro atoms. The number of carbonyl (C=O) groups excluding carboxylic acids is 2. The van der Waals surface area contributed by atoms with Crippen molar-refractivity contribution < 1.29 is 14.7 Å². The summed E-state index contributed by atoms with van der Waals surface area (Å²) in [5.41, 5.74) is 1.74. The molecule has 1 fully saturated rings. The molecule has 1 aromatic heterocycles. The summed E-state index contributed by atoms with van der Waals surface area (Å²) in [6, 6.07) is 0. The topological polar surface area (TPSA) is 78.4 Å². The fraction of sp³-hybridized carbons (Fsp3) is 0.714. The minimum absolute atomic E-state index is 0.0259. The maximum atomic E-state index is 12.9. The van der Waals surface area contributed by atoms with Crippen molar-refractivity contribution in [1.29, 1.82) is 0 Å². The number of nitrogens with one attached hydrogen (secondary N) is 2. The molecule has 0 saturated heterocycles. The molecular weight excluding hydrogens is 360 g/mol. The van der Waals surface area contributed by atoms with Crippen LogP contribution < -0.4 is 10.6 Å². The van der Waals surface area contributed by atoms with Crippen LogP contribution in [0.5, 0.6) is 0 Å². The number of hydrogen-bond donors (Lipinski definition) is 3. The lowest BCUT2D eigenvalue weighted by atomic mass is 9.95. The molecule has 0 aliphatic heterocycles. The minimum Gasteiger partial charge on any atom is -0.396 e. The highest BCUT2D eigenvalue weighted by Gasteiger charge is 2.68. The number of aliphatic hydroxyl groups is 1. The molecule has 0 unspecified atom stereocenters. The van der Waals surface area contributed by atoms with Gasteiger partial charge in [0.1, 0.15) is 5.00 Å². The quantitative estimate of drug-likeness (QED) is 0.619. The van der Waals surface area contributed by atoms with Crippen LogP contribution in [0.4, 0.5) is 5.00 Å². The summed E-state index contributed by atoms with van der Waals surface area (Å²) >= 11 is 1.58. The van der Waals surface area contributed by atoms with Gasteiger partial charge in [-0.2, -0.15) is 0 Å². The highest BCUT2D eigenvalue weighted by Crippen LogP contribution is 2.68. The molecule has 1 aromatic rings. The van der Waals surface area contributed by atoms with Crippen LogP contribution in [0, 0.1) is 16.7 Å². The molecule has 6 heteroatoms. The molecule has 1 saturated carbocycles. The number of hydrogen-bond acceptors (Lipinski definition) is 4. The first-order valence-electron chi connectivity index (χ1n) is 10.1. The molecule has 3 N–H and O–H groups in total. The largest absolute Gasteiger partial charge is 0.396 e. The number of rotatable bonds is 7. The Morgan fingerprint density at radius 3 is 2.41 bits per heavy atom. The third-order valence-corrected chi connectivity index (χ3v) is 8.00. The highest BCUT2D eigenvalue weighted by molar-refractivity contribution is 7.17. The van der Waals surface area contributed by atoms with Crippen LogP contribution in [0.3, 0.4) is 0 Å². The summed E-state index contributed by atoms with van der Waals surface area (Å²) in [5.74, 6) is -0.112. The number of carbonyl (C=O) groups is 2. The molecular formula is C21H32N2O3S. The zero-order valence-corrected chi connectivity index (χ0v) is 17.7. The van der Waals surface area contributed by atoms with E-state index in [9.17, 15) is 9.59 Å². The van der Waals surface area contributed by atoms with Crippen molar-refractivity contribution in [3.63, 3.8) is 0 Å². The Hall–Kier alpha value is -1.40. The van der Waals surface area contributed by atoms with Gasteiger partial charge in [-0.05, 0) is 54.9 Å². The van der Waals surface area contributed by atoms with Crippen LogP contribution in [0.25, 0.3) is 0 Å². The Morgan fingerprint density at radius 2 is 1.78 bits per heavy atom. The van der Waals surface area contributed by atoms with Crippen molar-refractivity contribution in [2.45, 2.75) is 66.2 Å². The molecule has 2 aliphatic carbocycles. The second-order valence-electron chi connectivity index (χ2n) is 8.97. The van der Waals surface area contributed by atoms with Crippen LogP contribution in [0.15, 0.2) is 0 Å². The van der Waals surface area contributed by atoms with Gasteiger partial charge in [0.2, 0.25) is 5.91 Å². The van der Waals surface area contributed by atoms with Gasteiger partial charge in [0.15, 0.2) is 0 Å². The van der Waals surface area contributed by atoms with E-state index < -0.39 is 0 Å². The molecule has 27 heavy (non-hydrogen) atoms. The Labute approximate surface area is 165 Å². The number of amides is 2. The number of aryl methyl sites for hydroxylation is 1. The van der Waals surface area contributed by atoms with Gasteiger partial charge in [-0.3, -0.25) is 9.59 Å². The van der Waals surface area contributed by atoms with E-state index in [1.54, 1.807) is 11.3 Å². The summed E-state index contributed by atoms with van der Waals surface area (Å²) in [4.78, 5) is 27.0. The molecule has 2 aliphatic rings. The van der Waals surface area contributed by atoms with E-state index >= 15 is 0 Å². The van der Waals surface area contributed by atoms with E-state index in [0.717, 1.165) is 37.7 Å². The molecule has 0 bridgehead atoms. The van der Waals surface area contributed by atoms with Gasteiger partial charge in [0.05, 0.1) is 5.56 Å². The highest BCUT2D eigenvalue weighted by atomic mass is 32.1. The van der Waals surface area contributed by atoms with Gasteiger partial charge in [-0.15, -0.1) is 11.3 Å². The Balaban J connectivity index is 1.79. The predicted molar refractivity (Wildman–Crippen MR) is 109 cm³/mol. The van der Waals surface area contributed by atoms with Crippen LogP contribution in [0.2, 0.25) is 0 Å². The molecule has 2 amide bonds. The fourth-order valence-corrected chi connectivity index (χ4v) is 5.75. The zero-order chi connectivity index (χ0) is 19.8. The second kappa shape index (κ2) is 7.55. The summed E-state index contributed by atoms with van der Waals surface area (Å²) in [6.45, 7) is 9.20. The molecule has 150 valence electrons. The lowest BCUT2D eigenvalue weighted by molar-refractivity contribution is -0.118. The minimum atomic E-state index is -0.100. The Morgan fingerprint density at radius 1 is 1.11 bits per heavy atom. The third kappa shape index (κ3) is 3.66. The van der Waals surface area contributed by atoms with Crippen LogP contribution in [0.1, 0.15) is 74.2 Å². The van der Waals surface area contributed by atoms with Crippen molar-refractivity contribution in [1.82, 2.24) is 5.32 Å². The maximum Gasteiger partial charge on any atom is 0.254 e. The number of unbranched alkanes of at least 4 members (excludes halogenated alkanes) is 1. The zero-order valence-electron chi connectivity index (χ0n) is 16.9. The summed E-state index contributed by atoms with van der Waals surface area (Å²) in [7, 11) is 0. The molecule has 5 nitrogen and oxygen atoms in total. The Bertz CT molecular complexity index is 722. The van der Waals surface area contributed by atoms with Gasteiger partial charge in [0.25, 0.3) is 5.91 Å². The first kappa shape index (κ1) is 20.3. The predicted octanol–water partition coefficient (Wildman–Crippen LogP) is 3.75. The van der Waals surface area contributed by atoms with Gasteiger partial charge >= 0.3 is 0 Å². The first-order chi connectivity index (χ1) is 12.7. The molecule has 1 heterocycles. The van der Waals surface area contributed by atoms with E-state index in [1.165, 1.54) is 4.88 Å². The number of aliphatic hydroxyl groups excluding tert-OH is 1. The van der Waals surface area contributed by atoms with E-state index in [0.29, 0.717) is 23.5 Å². The second-order valence-corrected chi connectivity index (χ2v) is 10.1. The van der Waals surface area contributed by atoms with Gasteiger partial charge in [-0.1, -0.05) is 27.7 Å². The molecule has 0 atom stereocenters. The SMILES string of the molecule is CC1(C)C(C(=O)Nc2sc3c(c2C(=O)NCCCCO)CCCC3)C1(C)C. The average Bonchev–Trinajstić information content (AvgIpc) is 2.88. The monoisotopic (exact) mass is 392 g/mol. The molecule has 0 aromatic carbocycles. The van der Waals surface area contributed by atoms with Gasteiger partial charge < -0.3 is 15.7 Å². The van der Waals surface area contributed by atoms with Gasteiger partial charge in [0, 0.05) is 23.9 Å². The summed E-state index contributed by atoms with van der Waals surface area (Å²) in [6.07, 6.45) is 5.55. The first-order valence-corrected chi connectivity index (χ1v) is 10.9. The van der Waals surface area contributed by atoms with E-state index in [4.69, 9.17) is 5.11 Å². The number of thiophene rings is 1. The maximum absolute atomic E-state index is 12.9. The standard InChI is InChI=1S/C21H32N2O3S/c1-20(2)16(21(20,3)4)18(26)23-19-15(17(25)22-11-7-8-12-24)13-9-5-6-10-14(13)27-19/h16,24H,5-12H2,1-4H3,(H,22,25)(H,23,26). The van der Waals surface area contributed by atoms with E-state index in [2.05, 4.69) is 38.3 Å². The van der Waals surface area contributed by atoms with Gasteiger partial charge in [-0.25, -0.2) is 0 Å². The Kier molecular flexibility index (Phi) is 5.69. The fourth-order valence-electron chi connectivity index (χ4n) is 4.46. The van der Waals surface area contributed by atoms with Crippen molar-refractivity contribution in [2.24, 2.45) is 16.7 Å². The number of fused-ring (bicyclic) bond motifs is 1. The van der Waals surface area contributed by atoms with Crippen molar-refractivity contribution >= 4 is 28.2 Å². The van der Waals surface area contributed by atoms with Crippen molar-refractivity contribution in [3.8, 4) is 0 Å². The summed E-state index contributed by atoms with van der Waals surface area (Å²) < 4.78 is 0. The number of anilines is 1. The van der Waals surface area contributed by atoms with Crippen LogP contribution in [-0.4, -0.2) is 30.1 Å². The normalized spacial score (nSPS) is 20.0. The third-order valence-electron chi connectivity index (χ3n) is 6.79. The van der Waals surface area contributed by atoms with Crippen molar-refractivity contribution in [2.75, 3.05) is 18.5 Å².